The second-order valence-corrected chi connectivity index (χ2v) is 12.2. The van der Waals surface area contributed by atoms with Crippen molar-refractivity contribution in [3.8, 4) is 5.75 Å². The van der Waals surface area contributed by atoms with Gasteiger partial charge in [0.25, 0.3) is 0 Å². The van der Waals surface area contributed by atoms with Gasteiger partial charge in [-0.15, -0.1) is 0 Å². The van der Waals surface area contributed by atoms with E-state index in [9.17, 15) is 9.59 Å². The number of amides is 1. The average Bonchev–Trinajstić information content (AvgIpc) is 3.19. The van der Waals surface area contributed by atoms with Gasteiger partial charge in [-0.3, -0.25) is 4.98 Å². The van der Waals surface area contributed by atoms with Gasteiger partial charge in [-0.05, 0) is 64.4 Å². The first-order valence-electron chi connectivity index (χ1n) is 13.8. The molecule has 0 aliphatic heterocycles. The van der Waals surface area contributed by atoms with Gasteiger partial charge in [-0.1, -0.05) is 26.0 Å². The number of nitrogens with zero attached hydrogens (tertiary/aromatic N) is 3. The number of pyridine rings is 1. The zero-order chi connectivity index (χ0) is 30.5. The van der Waals surface area contributed by atoms with Gasteiger partial charge < -0.3 is 29.0 Å². The second kappa shape index (κ2) is 12.7. The Balaban J connectivity index is 2.28. The molecule has 2 heterocycles. The standard InChI is InChI=1S/C32H44N4O5/c1-21(2)40-29(37)24(19-35(8)9)28-26(32(6,7)20-34-30(38)41-31(3,4)5)27-25(12-11-17-33-27)36(28)18-22-13-15-23(39-10)16-14-22/h11-17,19,21H,18,20H2,1-10H3,(H,34,38)/b24-19-. The number of methoxy groups -OCH3 is 1. The highest BCUT2D eigenvalue weighted by molar-refractivity contribution is 6.17. The quantitative estimate of drug-likeness (QED) is 0.248. The highest BCUT2D eigenvalue weighted by Crippen LogP contribution is 2.39. The van der Waals surface area contributed by atoms with Crippen molar-refractivity contribution in [1.82, 2.24) is 19.8 Å². The lowest BCUT2D eigenvalue weighted by Crippen LogP contribution is -2.40. The van der Waals surface area contributed by atoms with Gasteiger partial charge in [0, 0.05) is 50.6 Å². The van der Waals surface area contributed by atoms with Crippen LogP contribution in [0, 0.1) is 0 Å². The zero-order valence-electron chi connectivity index (χ0n) is 26.0. The van der Waals surface area contributed by atoms with Gasteiger partial charge in [0.15, 0.2) is 0 Å². The normalized spacial score (nSPS) is 12.4. The van der Waals surface area contributed by atoms with Crippen LogP contribution in [0.2, 0.25) is 0 Å². The summed E-state index contributed by atoms with van der Waals surface area (Å²) in [6, 6.07) is 11.7. The van der Waals surface area contributed by atoms with Crippen LogP contribution >= 0.6 is 0 Å². The molecule has 0 bridgehead atoms. The van der Waals surface area contributed by atoms with Crippen molar-refractivity contribution >= 4 is 28.7 Å². The molecule has 0 aliphatic carbocycles. The molecule has 0 atom stereocenters. The molecule has 222 valence electrons. The summed E-state index contributed by atoms with van der Waals surface area (Å²) in [6.07, 6.45) is 2.71. The van der Waals surface area contributed by atoms with E-state index in [4.69, 9.17) is 19.2 Å². The van der Waals surface area contributed by atoms with Gasteiger partial charge in [0.05, 0.1) is 35.5 Å². The molecule has 0 saturated carbocycles. The molecular weight excluding hydrogens is 520 g/mol. The lowest BCUT2D eigenvalue weighted by molar-refractivity contribution is -0.140. The molecule has 0 fully saturated rings. The summed E-state index contributed by atoms with van der Waals surface area (Å²) in [4.78, 5) is 33.0. The van der Waals surface area contributed by atoms with Gasteiger partial charge in [0.1, 0.15) is 11.4 Å². The maximum Gasteiger partial charge on any atom is 0.407 e. The van der Waals surface area contributed by atoms with Crippen LogP contribution in [0.15, 0.2) is 48.8 Å². The van der Waals surface area contributed by atoms with Crippen molar-refractivity contribution in [1.29, 1.82) is 0 Å². The van der Waals surface area contributed by atoms with E-state index in [2.05, 4.69) is 9.88 Å². The molecule has 0 unspecified atom stereocenters. The van der Waals surface area contributed by atoms with Crippen LogP contribution in [0.4, 0.5) is 4.79 Å². The van der Waals surface area contributed by atoms with E-state index in [1.54, 1.807) is 19.5 Å². The van der Waals surface area contributed by atoms with Gasteiger partial charge in [0.2, 0.25) is 0 Å². The monoisotopic (exact) mass is 564 g/mol. The van der Waals surface area contributed by atoms with E-state index < -0.39 is 23.1 Å². The molecule has 3 aromatic rings. The van der Waals surface area contributed by atoms with E-state index in [1.807, 2.05) is 104 Å². The molecular formula is C32H44N4O5. The van der Waals surface area contributed by atoms with Crippen molar-refractivity contribution in [2.24, 2.45) is 0 Å². The van der Waals surface area contributed by atoms with Crippen molar-refractivity contribution in [3.63, 3.8) is 0 Å². The SMILES string of the molecule is COc1ccc(Cn2c(/C(=C/N(C)C)C(=O)OC(C)C)c(C(C)(C)CNC(=O)OC(C)(C)C)c3ncccc32)cc1. The lowest BCUT2D eigenvalue weighted by atomic mass is 9.82. The number of carbonyl (C=O) groups excluding carboxylic acids is 2. The molecule has 2 aromatic heterocycles. The van der Waals surface area contributed by atoms with Crippen LogP contribution in [0.5, 0.6) is 5.75 Å². The summed E-state index contributed by atoms with van der Waals surface area (Å²) in [5.74, 6) is 0.321. The number of alkyl carbamates (subject to hydrolysis) is 1. The Bertz CT molecular complexity index is 1400. The Labute approximate surface area is 243 Å². The van der Waals surface area contributed by atoms with Crippen molar-refractivity contribution < 1.29 is 23.8 Å². The van der Waals surface area contributed by atoms with E-state index in [-0.39, 0.29) is 12.6 Å². The number of hydrogen-bond acceptors (Lipinski definition) is 7. The summed E-state index contributed by atoms with van der Waals surface area (Å²) in [7, 11) is 5.37. The Morgan fingerprint density at radius 1 is 1.07 bits per heavy atom. The van der Waals surface area contributed by atoms with Crippen LogP contribution in [0.25, 0.3) is 16.6 Å². The second-order valence-electron chi connectivity index (χ2n) is 12.2. The topological polar surface area (TPSA) is 94.9 Å². The van der Waals surface area contributed by atoms with Crippen LogP contribution in [0.3, 0.4) is 0 Å². The fourth-order valence-corrected chi connectivity index (χ4v) is 4.62. The highest BCUT2D eigenvalue weighted by atomic mass is 16.6. The van der Waals surface area contributed by atoms with Gasteiger partial charge in [-0.2, -0.15) is 0 Å². The first kappa shape index (κ1) is 31.5. The Hall–Kier alpha value is -4.01. The molecule has 9 nitrogen and oxygen atoms in total. The van der Waals surface area contributed by atoms with Gasteiger partial charge >= 0.3 is 12.1 Å². The minimum atomic E-state index is -0.659. The molecule has 3 rings (SSSR count). The van der Waals surface area contributed by atoms with Crippen LogP contribution in [-0.4, -0.2) is 66.0 Å². The van der Waals surface area contributed by atoms with E-state index in [1.165, 1.54) is 0 Å². The number of rotatable bonds is 10. The number of carbonyl (C=O) groups is 2. The third-order valence-corrected chi connectivity index (χ3v) is 6.28. The number of nitrogens with one attached hydrogen (secondary N) is 1. The molecule has 1 amide bonds. The van der Waals surface area contributed by atoms with E-state index >= 15 is 0 Å². The van der Waals surface area contributed by atoms with Crippen molar-refractivity contribution in [2.45, 2.75) is 72.1 Å². The number of benzene rings is 1. The summed E-state index contributed by atoms with van der Waals surface area (Å²) in [5, 5.41) is 2.92. The fraction of sp³-hybridized carbons (Fsp3) is 0.469. The lowest BCUT2D eigenvalue weighted by Gasteiger charge is -2.28. The number of hydrogen-bond donors (Lipinski definition) is 1. The maximum atomic E-state index is 13.7. The molecule has 0 aliphatic rings. The summed E-state index contributed by atoms with van der Waals surface area (Å²) in [6.45, 7) is 13.9. The average molecular weight is 565 g/mol. The summed E-state index contributed by atoms with van der Waals surface area (Å²) >= 11 is 0. The first-order valence-corrected chi connectivity index (χ1v) is 13.8. The largest absolute Gasteiger partial charge is 0.497 e. The summed E-state index contributed by atoms with van der Waals surface area (Å²) < 4.78 is 18.7. The minimum absolute atomic E-state index is 0.252. The van der Waals surface area contributed by atoms with Crippen molar-refractivity contribution in [2.75, 3.05) is 27.7 Å². The van der Waals surface area contributed by atoms with E-state index in [0.29, 0.717) is 17.8 Å². The third kappa shape index (κ3) is 8.02. The fourth-order valence-electron chi connectivity index (χ4n) is 4.62. The Kier molecular flexibility index (Phi) is 9.73. The van der Waals surface area contributed by atoms with Gasteiger partial charge in [-0.25, -0.2) is 9.59 Å². The molecule has 1 N–H and O–H groups in total. The minimum Gasteiger partial charge on any atom is -0.497 e. The maximum absolute atomic E-state index is 13.7. The first-order chi connectivity index (χ1) is 19.1. The number of fused-ring (bicyclic) bond motifs is 1. The number of ether oxygens (including phenoxy) is 3. The molecule has 41 heavy (non-hydrogen) atoms. The van der Waals surface area contributed by atoms with Crippen molar-refractivity contribution in [3.05, 3.63) is 65.6 Å². The van der Waals surface area contributed by atoms with E-state index in [0.717, 1.165) is 27.9 Å². The predicted octanol–water partition coefficient (Wildman–Crippen LogP) is 5.75. The highest BCUT2D eigenvalue weighted by Gasteiger charge is 2.35. The third-order valence-electron chi connectivity index (χ3n) is 6.28. The smallest absolute Gasteiger partial charge is 0.407 e. The molecule has 1 aromatic carbocycles. The number of esters is 1. The predicted molar refractivity (Wildman–Crippen MR) is 162 cm³/mol. The Morgan fingerprint density at radius 3 is 2.29 bits per heavy atom. The summed E-state index contributed by atoms with van der Waals surface area (Å²) in [5.41, 5.74) is 3.25. The Morgan fingerprint density at radius 2 is 1.73 bits per heavy atom. The molecule has 0 saturated heterocycles. The molecule has 0 spiro atoms. The number of aromatic nitrogens is 2. The molecule has 0 radical (unpaired) electrons. The molecule has 9 heteroatoms. The van der Waals surface area contributed by atoms with Crippen LogP contribution in [0.1, 0.15) is 65.3 Å². The van der Waals surface area contributed by atoms with Crippen LogP contribution < -0.4 is 10.1 Å². The van der Waals surface area contributed by atoms with Crippen LogP contribution in [-0.2, 0) is 26.2 Å². The zero-order valence-corrected chi connectivity index (χ0v) is 26.0.